The number of furan rings is 2. The van der Waals surface area contributed by atoms with E-state index in [-0.39, 0.29) is 6.71 Å². The van der Waals surface area contributed by atoms with Crippen LogP contribution >= 0.6 is 0 Å². The number of nitrogens with zero attached hydrogens (tertiary/aromatic N) is 2. The summed E-state index contributed by atoms with van der Waals surface area (Å²) in [6.07, 6.45) is 0. The van der Waals surface area contributed by atoms with Gasteiger partial charge in [0, 0.05) is 65.9 Å². The number of benzene rings is 14. The second-order valence-corrected chi connectivity index (χ2v) is 21.4. The van der Waals surface area contributed by atoms with Gasteiger partial charge in [0.25, 0.3) is 6.71 Å². The van der Waals surface area contributed by atoms with Gasteiger partial charge in [-0.25, -0.2) is 0 Å². The van der Waals surface area contributed by atoms with Gasteiger partial charge in [-0.3, -0.25) is 0 Å². The van der Waals surface area contributed by atoms with Crippen molar-refractivity contribution in [3.05, 3.63) is 261 Å². The predicted molar refractivity (Wildman–Crippen MR) is 333 cm³/mol. The molecule has 2 aliphatic rings. The Kier molecular flexibility index (Phi) is 8.72. The molecule has 0 unspecified atom stereocenters. The fraction of sp³-hybridized carbons (Fsp3) is 0. The normalized spacial score (nSPS) is 13.0. The summed E-state index contributed by atoms with van der Waals surface area (Å²) in [6, 6.07) is 96.4. The summed E-state index contributed by atoms with van der Waals surface area (Å²) in [5.41, 5.74) is 18.4. The van der Waals surface area contributed by atoms with Crippen LogP contribution in [0.5, 0.6) is 0 Å². The lowest BCUT2D eigenvalue weighted by Gasteiger charge is -2.46. The van der Waals surface area contributed by atoms with E-state index in [1.54, 1.807) is 0 Å². The van der Waals surface area contributed by atoms with Crippen molar-refractivity contribution in [3.63, 3.8) is 0 Å². The maximum Gasteiger partial charge on any atom is 0.252 e. The highest BCUT2D eigenvalue weighted by molar-refractivity contribution is 7.01. The monoisotopic (exact) mass is 1000 g/mol. The van der Waals surface area contributed by atoms with E-state index in [0.717, 1.165) is 111 Å². The van der Waals surface area contributed by atoms with Gasteiger partial charge in [0.2, 0.25) is 0 Å². The van der Waals surface area contributed by atoms with E-state index in [2.05, 4.69) is 271 Å². The van der Waals surface area contributed by atoms with Crippen molar-refractivity contribution in [2.45, 2.75) is 0 Å². The minimum atomic E-state index is -0.280. The second kappa shape index (κ2) is 16.1. The molecule has 0 fully saturated rings. The lowest BCUT2D eigenvalue weighted by Crippen LogP contribution is -2.61. The zero-order valence-corrected chi connectivity index (χ0v) is 42.6. The summed E-state index contributed by atoms with van der Waals surface area (Å²) in [6.45, 7) is -0.280. The fourth-order valence-electron chi connectivity index (χ4n) is 14.0. The van der Waals surface area contributed by atoms with Crippen molar-refractivity contribution in [3.8, 4) is 22.3 Å². The Hall–Kier alpha value is -10.4. The molecule has 0 amide bonds. The Morgan fingerprint density at radius 1 is 0.266 bits per heavy atom. The third-order valence-corrected chi connectivity index (χ3v) is 17.3. The summed E-state index contributed by atoms with van der Waals surface area (Å²) in [5.74, 6) is 0. The molecule has 5 heteroatoms. The average Bonchev–Trinajstić information content (AvgIpc) is 3.82. The molecule has 0 radical (unpaired) electrons. The lowest BCUT2D eigenvalue weighted by atomic mass is 9.33. The smallest absolute Gasteiger partial charge is 0.252 e. The van der Waals surface area contributed by atoms with Gasteiger partial charge in [0.05, 0.1) is 17.1 Å². The molecule has 0 N–H and O–H groups in total. The fourth-order valence-corrected chi connectivity index (χ4v) is 14.0. The molecular formula is C74H43BN2O2. The molecule has 0 saturated heterocycles. The highest BCUT2D eigenvalue weighted by atomic mass is 16.3. The highest BCUT2D eigenvalue weighted by Gasteiger charge is 2.47. The van der Waals surface area contributed by atoms with Crippen molar-refractivity contribution < 1.29 is 8.83 Å². The zero-order chi connectivity index (χ0) is 51.4. The number of hydrogen-bond donors (Lipinski definition) is 0. The van der Waals surface area contributed by atoms with E-state index in [0.29, 0.717) is 0 Å². The Balaban J connectivity index is 1.12. The molecule has 14 aromatic carbocycles. The van der Waals surface area contributed by atoms with Gasteiger partial charge in [-0.15, -0.1) is 0 Å². The van der Waals surface area contributed by atoms with Gasteiger partial charge in [-0.2, -0.15) is 0 Å². The van der Waals surface area contributed by atoms with Crippen LogP contribution in [0.4, 0.5) is 34.1 Å². The van der Waals surface area contributed by atoms with E-state index in [1.165, 1.54) is 59.3 Å². The van der Waals surface area contributed by atoms with Crippen LogP contribution < -0.4 is 26.2 Å². The minimum Gasteiger partial charge on any atom is -0.456 e. The third kappa shape index (κ3) is 5.93. The number of hydrogen-bond acceptors (Lipinski definition) is 4. The maximum atomic E-state index is 6.98. The second-order valence-electron chi connectivity index (χ2n) is 21.4. The number of rotatable bonds is 4. The van der Waals surface area contributed by atoms with Gasteiger partial charge in [-0.1, -0.05) is 218 Å². The summed E-state index contributed by atoms with van der Waals surface area (Å²) in [5, 5.41) is 16.3. The first-order valence-electron chi connectivity index (χ1n) is 27.3. The Labute approximate surface area is 454 Å². The number of para-hydroxylation sites is 2. The molecule has 0 saturated carbocycles. The van der Waals surface area contributed by atoms with Crippen molar-refractivity contribution >= 4 is 155 Å². The van der Waals surface area contributed by atoms with Crippen LogP contribution in [0.3, 0.4) is 0 Å². The number of fused-ring (bicyclic) bond motifs is 19. The Bertz CT molecular complexity index is 5280. The van der Waals surface area contributed by atoms with Gasteiger partial charge >= 0.3 is 0 Å². The van der Waals surface area contributed by atoms with E-state index >= 15 is 0 Å². The first kappa shape index (κ1) is 42.8. The van der Waals surface area contributed by atoms with Crippen molar-refractivity contribution in [2.75, 3.05) is 9.80 Å². The molecule has 4 nitrogen and oxygen atoms in total. The molecule has 2 aromatic heterocycles. The largest absolute Gasteiger partial charge is 0.456 e. The molecule has 0 bridgehead atoms. The molecule has 4 heterocycles. The molecule has 2 aliphatic heterocycles. The summed E-state index contributed by atoms with van der Waals surface area (Å²) < 4.78 is 14.0. The van der Waals surface area contributed by atoms with Crippen LogP contribution in [0, 0.1) is 0 Å². The van der Waals surface area contributed by atoms with Crippen molar-refractivity contribution in [1.29, 1.82) is 0 Å². The van der Waals surface area contributed by atoms with Crippen molar-refractivity contribution in [1.82, 2.24) is 0 Å². The van der Waals surface area contributed by atoms with Gasteiger partial charge in [0.1, 0.15) is 22.3 Å². The molecule has 0 aliphatic carbocycles. The molecule has 364 valence electrons. The van der Waals surface area contributed by atoms with Crippen LogP contribution in [0.1, 0.15) is 0 Å². The van der Waals surface area contributed by atoms with Crippen LogP contribution in [0.15, 0.2) is 270 Å². The standard InChI is InChI=1S/C74H43BN2O2/c1-3-19-44(20-4-1)50-37-35-46-23-7-9-25-48(46)72(50)76-63-39-58-55-30-15-17-33-66(55)78-68(58)42-61(63)75-62-43-69-59(56-31-16-18-34-67(56)79-69)40-64(62)77(73-49-26-10-8-24-47(49)36-38-51(73)45-21-5-2-6-22-45)74-70-57-32-14-13-28-53(57)52-27-11-12-29-54(52)60(70)41-65(76)71(74)75/h1-43H. The highest BCUT2D eigenvalue weighted by Crippen LogP contribution is 2.56. The quantitative estimate of drug-likeness (QED) is 0.130. The van der Waals surface area contributed by atoms with Crippen LogP contribution in [-0.2, 0) is 0 Å². The van der Waals surface area contributed by atoms with Gasteiger partial charge in [0.15, 0.2) is 0 Å². The third-order valence-electron chi connectivity index (χ3n) is 17.3. The van der Waals surface area contributed by atoms with E-state index in [4.69, 9.17) is 8.83 Å². The van der Waals surface area contributed by atoms with Gasteiger partial charge in [-0.05, 0) is 108 Å². The summed E-state index contributed by atoms with van der Waals surface area (Å²) in [7, 11) is 0. The molecule has 79 heavy (non-hydrogen) atoms. The zero-order valence-electron chi connectivity index (χ0n) is 42.6. The minimum absolute atomic E-state index is 0.280. The summed E-state index contributed by atoms with van der Waals surface area (Å²) >= 11 is 0. The van der Waals surface area contributed by atoms with Crippen LogP contribution in [0.25, 0.3) is 120 Å². The average molecular weight is 1000 g/mol. The molecule has 0 atom stereocenters. The van der Waals surface area contributed by atoms with E-state index in [1.807, 2.05) is 0 Å². The summed E-state index contributed by atoms with van der Waals surface area (Å²) in [4.78, 5) is 5.33. The molecule has 18 rings (SSSR count). The SMILES string of the molecule is c1ccc(-c2ccc3ccccc3c2N2c3cc4c(cc3B3c5cc6oc7ccccc7c6cc5N(c5c(-c6ccccc6)ccc6ccccc56)c5c3c2cc2c3ccccc3c3ccccc3c52)oc2ccccc24)cc1. The first-order valence-corrected chi connectivity index (χ1v) is 27.3. The maximum absolute atomic E-state index is 6.98. The molecular weight excluding hydrogens is 960 g/mol. The lowest BCUT2D eigenvalue weighted by molar-refractivity contribution is 0.669. The van der Waals surface area contributed by atoms with Crippen molar-refractivity contribution in [2.24, 2.45) is 0 Å². The topological polar surface area (TPSA) is 32.8 Å². The number of anilines is 6. The Morgan fingerprint density at radius 3 is 1.22 bits per heavy atom. The Morgan fingerprint density at radius 2 is 0.671 bits per heavy atom. The van der Waals surface area contributed by atoms with Gasteiger partial charge < -0.3 is 18.6 Å². The molecule has 16 aromatic rings. The van der Waals surface area contributed by atoms with Crippen LogP contribution in [0.2, 0.25) is 0 Å². The van der Waals surface area contributed by atoms with E-state index in [9.17, 15) is 0 Å². The van der Waals surface area contributed by atoms with E-state index < -0.39 is 0 Å². The van der Waals surface area contributed by atoms with Crippen LogP contribution in [-0.4, -0.2) is 6.71 Å². The molecule has 0 spiro atoms. The predicted octanol–water partition coefficient (Wildman–Crippen LogP) is 18.7. The first-order chi connectivity index (χ1) is 39.2.